The third-order valence-electron chi connectivity index (χ3n) is 2.24. The van der Waals surface area contributed by atoms with Gasteiger partial charge < -0.3 is 19.5 Å². The number of carboxylic acids is 1. The van der Waals surface area contributed by atoms with Gasteiger partial charge in [-0.15, -0.1) is 0 Å². The summed E-state index contributed by atoms with van der Waals surface area (Å²) in [7, 11) is 0. The van der Waals surface area contributed by atoms with Crippen LogP contribution >= 0.6 is 0 Å². The molecule has 0 aromatic rings. The van der Waals surface area contributed by atoms with Gasteiger partial charge >= 0.3 is 41.5 Å². The molecule has 1 aliphatic rings. The van der Waals surface area contributed by atoms with Crippen molar-refractivity contribution in [1.82, 2.24) is 4.90 Å². The van der Waals surface area contributed by atoms with E-state index < -0.39 is 23.9 Å². The Morgan fingerprint density at radius 1 is 1.21 bits per heavy atom. The van der Waals surface area contributed by atoms with Gasteiger partial charge in [0, 0.05) is 20.4 Å². The van der Waals surface area contributed by atoms with Crippen molar-refractivity contribution in [2.75, 3.05) is 6.54 Å². The molecule has 0 aliphatic carbocycles. The molecule has 1 aliphatic heterocycles. The quantitative estimate of drug-likeness (QED) is 0.220. The maximum Gasteiger partial charge on any atom is 1.00 e. The van der Waals surface area contributed by atoms with Crippen LogP contribution in [0.15, 0.2) is 0 Å². The Morgan fingerprint density at radius 2 is 1.74 bits per heavy atom. The van der Waals surface area contributed by atoms with Crippen LogP contribution in [0.4, 0.5) is 0 Å². The Balaban J connectivity index is 0. The normalized spacial score (nSPS) is 17.2. The minimum absolute atomic E-state index is 0. The number of piperidine rings is 1. The van der Waals surface area contributed by atoms with Crippen LogP contribution in [0.1, 0.15) is 33.1 Å². The number of hydrogen-bond acceptors (Lipinski definition) is 6. The maximum atomic E-state index is 10.4. The fraction of sp³-hybridized carbons (Fsp3) is 0.636. The van der Waals surface area contributed by atoms with Gasteiger partial charge in [-0.25, -0.2) is 0 Å². The molecule has 1 atom stereocenters. The molecule has 0 saturated carbocycles. The average Bonchev–Trinajstić information content (AvgIpc) is 2.27. The minimum Gasteiger partial charge on any atom is -0.548 e. The number of carbonyl (C=O) groups excluding carboxylic acids is 4. The molecule has 1 unspecified atom stereocenters. The summed E-state index contributed by atoms with van der Waals surface area (Å²) < 4.78 is 3.97. The molecule has 0 aromatic heterocycles. The van der Waals surface area contributed by atoms with E-state index in [1.807, 2.05) is 0 Å². The van der Waals surface area contributed by atoms with Gasteiger partial charge in [0.05, 0.1) is 12.0 Å². The second-order valence-electron chi connectivity index (χ2n) is 3.76. The molecule has 0 bridgehead atoms. The van der Waals surface area contributed by atoms with Crippen LogP contribution in [0.2, 0.25) is 0 Å². The van der Waals surface area contributed by atoms with Crippen molar-refractivity contribution in [3.63, 3.8) is 0 Å². The Morgan fingerprint density at radius 3 is 2.00 bits per heavy atom. The fourth-order valence-electron chi connectivity index (χ4n) is 1.54. The van der Waals surface area contributed by atoms with E-state index in [0.717, 1.165) is 12.8 Å². The molecule has 1 amide bonds. The van der Waals surface area contributed by atoms with Crippen LogP contribution in [-0.4, -0.2) is 41.8 Å². The second-order valence-corrected chi connectivity index (χ2v) is 3.76. The van der Waals surface area contributed by atoms with Crippen LogP contribution in [0.5, 0.6) is 0 Å². The molecule has 0 aromatic carbocycles. The first-order valence-electron chi connectivity index (χ1n) is 5.49. The number of rotatable bonds is 2. The predicted octanol–water partition coefficient (Wildman–Crippen LogP) is -4.15. The van der Waals surface area contributed by atoms with Gasteiger partial charge in [0.1, 0.15) is 0 Å². The van der Waals surface area contributed by atoms with Gasteiger partial charge in [0.2, 0.25) is 6.41 Å². The molecule has 102 valence electrons. The summed E-state index contributed by atoms with van der Waals surface area (Å²) in [6, 6.07) is -0.693. The number of esters is 2. The Kier molecular flexibility index (Phi) is 11.8. The van der Waals surface area contributed by atoms with Crippen molar-refractivity contribution in [1.29, 1.82) is 0 Å². The number of ether oxygens (including phenoxy) is 1. The SMILES string of the molecule is CC(=O)OC(C)=O.O=CN1CCCCC1C(=O)[O-].[Na+]. The van der Waals surface area contributed by atoms with Gasteiger partial charge in [-0.05, 0) is 19.3 Å². The number of aliphatic carboxylic acids is 1. The zero-order valence-electron chi connectivity index (χ0n) is 11.4. The standard InChI is InChI=1S/C7H11NO3.C4H6O3.Na/c9-5-8-4-2-1-3-6(8)7(10)11;1-3(5)7-4(2)6;/h5-6H,1-4H2,(H,10,11);1-2H3;/q;;+1/p-1. The first-order chi connectivity index (χ1) is 8.38. The van der Waals surface area contributed by atoms with Crippen LogP contribution in [0, 0.1) is 0 Å². The van der Waals surface area contributed by atoms with Gasteiger partial charge in [0.15, 0.2) is 0 Å². The minimum atomic E-state index is -1.14. The maximum absolute atomic E-state index is 10.4. The molecule has 8 heteroatoms. The van der Waals surface area contributed by atoms with Gasteiger partial charge in [0.25, 0.3) is 0 Å². The van der Waals surface area contributed by atoms with E-state index in [0.29, 0.717) is 19.4 Å². The van der Waals surface area contributed by atoms with Gasteiger partial charge in [-0.2, -0.15) is 0 Å². The van der Waals surface area contributed by atoms with Crippen molar-refractivity contribution < 1.29 is 58.6 Å². The Hall–Kier alpha value is -0.920. The smallest absolute Gasteiger partial charge is 0.548 e. The monoisotopic (exact) mass is 281 g/mol. The summed E-state index contributed by atoms with van der Waals surface area (Å²) in [6.07, 6.45) is 2.87. The average molecular weight is 281 g/mol. The van der Waals surface area contributed by atoms with Crippen molar-refractivity contribution >= 4 is 24.3 Å². The van der Waals surface area contributed by atoms with Crippen molar-refractivity contribution in [2.45, 2.75) is 39.2 Å². The van der Waals surface area contributed by atoms with Crippen LogP contribution in [0.25, 0.3) is 0 Å². The largest absolute Gasteiger partial charge is 1.00 e. The van der Waals surface area contributed by atoms with Crippen molar-refractivity contribution in [3.05, 3.63) is 0 Å². The first-order valence-corrected chi connectivity index (χ1v) is 5.49. The molecule has 1 rings (SSSR count). The molecular formula is C11H16NNaO6. The van der Waals surface area contributed by atoms with E-state index in [-0.39, 0.29) is 29.6 Å². The summed E-state index contributed by atoms with van der Waals surface area (Å²) in [4.78, 5) is 41.6. The van der Waals surface area contributed by atoms with Crippen molar-refractivity contribution in [2.24, 2.45) is 0 Å². The number of likely N-dealkylation sites (tertiary alicyclic amines) is 1. The summed E-state index contributed by atoms with van der Waals surface area (Å²) in [5.41, 5.74) is 0. The van der Waals surface area contributed by atoms with E-state index in [9.17, 15) is 24.3 Å². The molecule has 1 saturated heterocycles. The van der Waals surface area contributed by atoms with E-state index in [2.05, 4.69) is 4.74 Å². The van der Waals surface area contributed by atoms with Crippen molar-refractivity contribution in [3.8, 4) is 0 Å². The zero-order valence-corrected chi connectivity index (χ0v) is 13.4. The molecular weight excluding hydrogens is 265 g/mol. The summed E-state index contributed by atoms with van der Waals surface area (Å²) in [6.45, 7) is 2.91. The summed E-state index contributed by atoms with van der Waals surface area (Å²) in [5.74, 6) is -2.27. The number of hydrogen-bond donors (Lipinski definition) is 0. The number of nitrogens with zero attached hydrogens (tertiary/aromatic N) is 1. The van der Waals surface area contributed by atoms with Gasteiger partial charge in [-0.3, -0.25) is 14.4 Å². The predicted molar refractivity (Wildman–Crippen MR) is 57.9 cm³/mol. The number of amides is 1. The number of carbonyl (C=O) groups is 4. The zero-order chi connectivity index (χ0) is 14.1. The van der Waals surface area contributed by atoms with E-state index in [1.165, 1.54) is 18.7 Å². The van der Waals surface area contributed by atoms with Crippen LogP contribution < -0.4 is 34.7 Å². The molecule has 7 nitrogen and oxygen atoms in total. The molecule has 1 fully saturated rings. The Bertz CT molecular complexity index is 321. The van der Waals surface area contributed by atoms with Crippen LogP contribution in [-0.2, 0) is 23.9 Å². The molecule has 1 heterocycles. The van der Waals surface area contributed by atoms with Crippen LogP contribution in [0.3, 0.4) is 0 Å². The molecule has 19 heavy (non-hydrogen) atoms. The fourth-order valence-corrected chi connectivity index (χ4v) is 1.54. The first kappa shape index (κ1) is 20.4. The second kappa shape index (κ2) is 11.0. The molecule has 0 spiro atoms. The third kappa shape index (κ3) is 9.63. The van der Waals surface area contributed by atoms with E-state index >= 15 is 0 Å². The number of carboxylic acid groups (broad SMARTS) is 1. The Labute approximate surface area is 133 Å². The molecule has 0 N–H and O–H groups in total. The third-order valence-corrected chi connectivity index (χ3v) is 2.24. The summed E-state index contributed by atoms with van der Waals surface area (Å²) in [5, 5.41) is 10.4. The molecule has 0 radical (unpaired) electrons. The van der Waals surface area contributed by atoms with E-state index in [4.69, 9.17) is 0 Å². The summed E-state index contributed by atoms with van der Waals surface area (Å²) >= 11 is 0. The van der Waals surface area contributed by atoms with Gasteiger partial charge in [-0.1, -0.05) is 0 Å². The van der Waals surface area contributed by atoms with E-state index in [1.54, 1.807) is 0 Å². The topological polar surface area (TPSA) is 104 Å².